The summed E-state index contributed by atoms with van der Waals surface area (Å²) in [6.07, 6.45) is 8.96. The normalized spacial score (nSPS) is 30.7. The van der Waals surface area contributed by atoms with E-state index in [9.17, 15) is 0 Å². The average Bonchev–Trinajstić information content (AvgIpc) is 2.40. The highest BCUT2D eigenvalue weighted by molar-refractivity contribution is 5.39. The summed E-state index contributed by atoms with van der Waals surface area (Å²) in [6.45, 7) is 2.33. The van der Waals surface area contributed by atoms with E-state index in [1.54, 1.807) is 0 Å². The molecule has 1 fully saturated rings. The van der Waals surface area contributed by atoms with Gasteiger partial charge in [-0.25, -0.2) is 0 Å². The number of hydrogen-bond donors (Lipinski definition) is 1. The molecule has 2 aliphatic rings. The number of ether oxygens (including phenoxy) is 1. The van der Waals surface area contributed by atoms with Gasteiger partial charge in [-0.3, -0.25) is 0 Å². The first kappa shape index (κ1) is 13.0. The van der Waals surface area contributed by atoms with Gasteiger partial charge in [0.15, 0.2) is 0 Å². The summed E-state index contributed by atoms with van der Waals surface area (Å²) >= 11 is 0. The molecule has 0 aliphatic heterocycles. The minimum Gasteiger partial charge on any atom is -0.490 e. The van der Waals surface area contributed by atoms with Gasteiger partial charge in [0.2, 0.25) is 0 Å². The molecule has 2 N–H and O–H groups in total. The Balaban J connectivity index is 1.73. The first-order valence-electron chi connectivity index (χ1n) is 7.77. The molecule has 1 aromatic rings. The summed E-state index contributed by atoms with van der Waals surface area (Å²) in [5, 5.41) is 0. The van der Waals surface area contributed by atoms with Crippen molar-refractivity contribution < 1.29 is 4.74 Å². The molecule has 0 heterocycles. The smallest absolute Gasteiger partial charge is 0.120 e. The summed E-state index contributed by atoms with van der Waals surface area (Å²) in [6, 6.07) is 6.75. The Kier molecular flexibility index (Phi) is 3.79. The fourth-order valence-corrected chi connectivity index (χ4v) is 3.57. The Labute approximate surface area is 116 Å². The number of nitrogens with two attached hydrogens (primary N) is 1. The lowest BCUT2D eigenvalue weighted by Gasteiger charge is -2.28. The van der Waals surface area contributed by atoms with Crippen LogP contribution in [-0.2, 0) is 6.42 Å². The van der Waals surface area contributed by atoms with E-state index in [-0.39, 0.29) is 6.04 Å². The van der Waals surface area contributed by atoms with Gasteiger partial charge < -0.3 is 10.5 Å². The van der Waals surface area contributed by atoms with E-state index in [2.05, 4.69) is 25.1 Å². The number of hydrogen-bond acceptors (Lipinski definition) is 2. The van der Waals surface area contributed by atoms with Crippen LogP contribution in [0.15, 0.2) is 18.2 Å². The molecule has 1 saturated carbocycles. The van der Waals surface area contributed by atoms with Crippen molar-refractivity contribution in [1.82, 2.24) is 0 Å². The highest BCUT2D eigenvalue weighted by atomic mass is 16.5. The van der Waals surface area contributed by atoms with Gasteiger partial charge in [0.25, 0.3) is 0 Å². The van der Waals surface area contributed by atoms with Crippen molar-refractivity contribution in [3.05, 3.63) is 29.3 Å². The number of rotatable bonds is 2. The van der Waals surface area contributed by atoms with Crippen molar-refractivity contribution in [3.63, 3.8) is 0 Å². The highest BCUT2D eigenvalue weighted by Crippen LogP contribution is 2.33. The lowest BCUT2D eigenvalue weighted by atomic mass is 9.87. The molecule has 1 aromatic carbocycles. The van der Waals surface area contributed by atoms with Gasteiger partial charge in [0.1, 0.15) is 5.75 Å². The van der Waals surface area contributed by atoms with Crippen LogP contribution in [0.2, 0.25) is 0 Å². The minimum atomic E-state index is 0.206. The number of fused-ring (bicyclic) bond motifs is 1. The first-order valence-corrected chi connectivity index (χ1v) is 7.77. The van der Waals surface area contributed by atoms with Crippen molar-refractivity contribution in [2.24, 2.45) is 11.7 Å². The van der Waals surface area contributed by atoms with Crippen LogP contribution in [0.25, 0.3) is 0 Å². The molecule has 2 aliphatic carbocycles. The molecule has 3 rings (SSSR count). The Morgan fingerprint density at radius 2 is 2.05 bits per heavy atom. The maximum Gasteiger partial charge on any atom is 0.120 e. The van der Waals surface area contributed by atoms with E-state index in [0.717, 1.165) is 18.1 Å². The lowest BCUT2D eigenvalue weighted by molar-refractivity contribution is 0.129. The molecule has 0 bridgehead atoms. The lowest BCUT2D eigenvalue weighted by Crippen LogP contribution is -2.24. The maximum absolute atomic E-state index is 6.21. The van der Waals surface area contributed by atoms with Crippen LogP contribution in [-0.4, -0.2) is 6.10 Å². The minimum absolute atomic E-state index is 0.206. The third-order valence-electron chi connectivity index (χ3n) is 4.67. The first-order chi connectivity index (χ1) is 9.22. The van der Waals surface area contributed by atoms with Crippen LogP contribution in [0.3, 0.4) is 0 Å². The Bertz CT molecular complexity index is 443. The van der Waals surface area contributed by atoms with Gasteiger partial charge in [0.05, 0.1) is 6.10 Å². The summed E-state index contributed by atoms with van der Waals surface area (Å²) < 4.78 is 6.18. The number of aryl methyl sites for hydroxylation is 1. The fourth-order valence-electron chi connectivity index (χ4n) is 3.57. The van der Waals surface area contributed by atoms with E-state index < -0.39 is 0 Å². The molecule has 0 radical (unpaired) electrons. The molecule has 2 nitrogen and oxygen atoms in total. The monoisotopic (exact) mass is 259 g/mol. The van der Waals surface area contributed by atoms with Gasteiger partial charge in [-0.05, 0) is 67.7 Å². The molecular formula is C17H25NO. The Morgan fingerprint density at radius 3 is 2.89 bits per heavy atom. The van der Waals surface area contributed by atoms with Crippen molar-refractivity contribution in [2.45, 2.75) is 64.0 Å². The molecule has 3 atom stereocenters. The number of benzene rings is 1. The SMILES string of the molecule is CC1CCCC(Oc2ccc3c(c2)[C@H](N)CCC3)C1. The zero-order chi connectivity index (χ0) is 13.2. The van der Waals surface area contributed by atoms with E-state index in [1.807, 2.05) is 0 Å². The molecule has 2 unspecified atom stereocenters. The summed E-state index contributed by atoms with van der Waals surface area (Å²) in [7, 11) is 0. The van der Waals surface area contributed by atoms with Crippen LogP contribution < -0.4 is 10.5 Å². The second kappa shape index (κ2) is 5.54. The predicted octanol–water partition coefficient (Wildman–Crippen LogP) is 3.98. The molecular weight excluding hydrogens is 234 g/mol. The molecule has 19 heavy (non-hydrogen) atoms. The van der Waals surface area contributed by atoms with E-state index in [1.165, 1.54) is 49.7 Å². The van der Waals surface area contributed by atoms with Crippen molar-refractivity contribution in [1.29, 1.82) is 0 Å². The largest absolute Gasteiger partial charge is 0.490 e. The molecule has 0 spiro atoms. The van der Waals surface area contributed by atoms with Gasteiger partial charge in [-0.2, -0.15) is 0 Å². The Hall–Kier alpha value is -1.02. The average molecular weight is 259 g/mol. The summed E-state index contributed by atoms with van der Waals surface area (Å²) in [5.74, 6) is 1.83. The van der Waals surface area contributed by atoms with Gasteiger partial charge >= 0.3 is 0 Å². The third-order valence-corrected chi connectivity index (χ3v) is 4.67. The predicted molar refractivity (Wildman–Crippen MR) is 78.4 cm³/mol. The van der Waals surface area contributed by atoms with Crippen LogP contribution in [0.4, 0.5) is 0 Å². The molecule has 0 aromatic heterocycles. The molecule has 2 heteroatoms. The van der Waals surface area contributed by atoms with Gasteiger partial charge in [0, 0.05) is 6.04 Å². The third kappa shape index (κ3) is 2.94. The van der Waals surface area contributed by atoms with E-state index >= 15 is 0 Å². The van der Waals surface area contributed by atoms with Crippen molar-refractivity contribution >= 4 is 0 Å². The van der Waals surface area contributed by atoms with Crippen molar-refractivity contribution in [2.75, 3.05) is 0 Å². The Morgan fingerprint density at radius 1 is 1.16 bits per heavy atom. The zero-order valence-electron chi connectivity index (χ0n) is 11.9. The maximum atomic E-state index is 6.21. The zero-order valence-corrected chi connectivity index (χ0v) is 11.9. The van der Waals surface area contributed by atoms with Crippen LogP contribution in [0, 0.1) is 5.92 Å². The molecule has 0 amide bonds. The quantitative estimate of drug-likeness (QED) is 0.872. The molecule has 0 saturated heterocycles. The van der Waals surface area contributed by atoms with Gasteiger partial charge in [-0.1, -0.05) is 19.4 Å². The van der Waals surface area contributed by atoms with Crippen LogP contribution >= 0.6 is 0 Å². The van der Waals surface area contributed by atoms with E-state index in [0.29, 0.717) is 6.10 Å². The van der Waals surface area contributed by atoms with Crippen molar-refractivity contribution in [3.8, 4) is 5.75 Å². The summed E-state index contributed by atoms with van der Waals surface area (Å²) in [4.78, 5) is 0. The standard InChI is InChI=1S/C17H25NO/c1-12-4-2-6-14(10-12)19-15-9-8-13-5-3-7-17(18)16(13)11-15/h8-9,11-12,14,17H,2-7,10,18H2,1H3/t12?,14?,17-/m1/s1. The van der Waals surface area contributed by atoms with Gasteiger partial charge in [-0.15, -0.1) is 0 Å². The highest BCUT2D eigenvalue weighted by Gasteiger charge is 2.22. The summed E-state index contributed by atoms with van der Waals surface area (Å²) in [5.41, 5.74) is 8.95. The second-order valence-electron chi connectivity index (χ2n) is 6.37. The van der Waals surface area contributed by atoms with Crippen LogP contribution in [0.5, 0.6) is 5.75 Å². The second-order valence-corrected chi connectivity index (χ2v) is 6.37. The molecule has 104 valence electrons. The van der Waals surface area contributed by atoms with Crippen LogP contribution in [0.1, 0.15) is 62.6 Å². The fraction of sp³-hybridized carbons (Fsp3) is 0.647. The van der Waals surface area contributed by atoms with E-state index in [4.69, 9.17) is 10.5 Å². The topological polar surface area (TPSA) is 35.2 Å².